The minimum atomic E-state index is 0.396. The topological polar surface area (TPSA) is 17.1 Å². The zero-order chi connectivity index (χ0) is 8.60. The maximum absolute atomic E-state index is 11.6. The van der Waals surface area contributed by atoms with Gasteiger partial charge in [0.25, 0.3) is 0 Å². The molecule has 0 bridgehead atoms. The molecule has 2 rings (SSSR count). The van der Waals surface area contributed by atoms with E-state index in [0.29, 0.717) is 17.1 Å². The van der Waals surface area contributed by atoms with E-state index in [1.54, 1.807) is 0 Å². The smallest absolute Gasteiger partial charge is 0.136 e. The molecule has 0 spiro atoms. The van der Waals surface area contributed by atoms with Crippen LogP contribution in [0.3, 0.4) is 0 Å². The van der Waals surface area contributed by atoms with Crippen molar-refractivity contribution in [2.45, 2.75) is 51.9 Å². The van der Waals surface area contributed by atoms with E-state index in [1.165, 1.54) is 32.1 Å². The summed E-state index contributed by atoms with van der Waals surface area (Å²) in [7, 11) is 0. The summed E-state index contributed by atoms with van der Waals surface area (Å²) in [5.41, 5.74) is 0.396. The average molecular weight is 166 g/mol. The minimum Gasteiger partial charge on any atom is -0.299 e. The lowest BCUT2D eigenvalue weighted by Crippen LogP contribution is -2.39. The monoisotopic (exact) mass is 166 g/mol. The molecule has 0 aromatic heterocycles. The highest BCUT2D eigenvalue weighted by atomic mass is 16.1. The quantitative estimate of drug-likeness (QED) is 0.540. The van der Waals surface area contributed by atoms with E-state index in [0.717, 1.165) is 12.8 Å². The van der Waals surface area contributed by atoms with Crippen LogP contribution in [0.2, 0.25) is 0 Å². The molecular weight excluding hydrogens is 148 g/mol. The number of carbonyl (C=O) groups excluding carboxylic acids is 1. The van der Waals surface area contributed by atoms with Gasteiger partial charge in [0.2, 0.25) is 0 Å². The van der Waals surface area contributed by atoms with Crippen LogP contribution in [0.5, 0.6) is 0 Å². The van der Waals surface area contributed by atoms with E-state index in [2.05, 4.69) is 6.92 Å². The van der Waals surface area contributed by atoms with Gasteiger partial charge in [-0.15, -0.1) is 0 Å². The molecule has 68 valence electrons. The molecule has 0 aromatic carbocycles. The highest BCUT2D eigenvalue weighted by Crippen LogP contribution is 2.48. The molecule has 0 N–H and O–H groups in total. The Morgan fingerprint density at radius 2 is 2.00 bits per heavy atom. The van der Waals surface area contributed by atoms with Crippen molar-refractivity contribution in [3.8, 4) is 0 Å². The minimum absolute atomic E-state index is 0.396. The van der Waals surface area contributed by atoms with Crippen molar-refractivity contribution < 1.29 is 4.79 Å². The molecule has 0 radical (unpaired) electrons. The van der Waals surface area contributed by atoms with E-state index in [-0.39, 0.29) is 0 Å². The third-order valence-corrected chi connectivity index (χ3v) is 3.89. The highest BCUT2D eigenvalue weighted by Gasteiger charge is 2.42. The van der Waals surface area contributed by atoms with Gasteiger partial charge in [-0.2, -0.15) is 0 Å². The molecule has 2 aliphatic rings. The van der Waals surface area contributed by atoms with Crippen molar-refractivity contribution in [2.75, 3.05) is 0 Å². The highest BCUT2D eigenvalue weighted by molar-refractivity contribution is 5.82. The molecule has 0 heterocycles. The van der Waals surface area contributed by atoms with Gasteiger partial charge in [0.05, 0.1) is 0 Å². The van der Waals surface area contributed by atoms with Crippen molar-refractivity contribution in [2.24, 2.45) is 11.3 Å². The van der Waals surface area contributed by atoms with Crippen molar-refractivity contribution in [1.29, 1.82) is 0 Å². The van der Waals surface area contributed by atoms with Gasteiger partial charge in [0, 0.05) is 12.3 Å². The number of rotatable bonds is 0. The Kier molecular flexibility index (Phi) is 1.97. The van der Waals surface area contributed by atoms with Crippen molar-refractivity contribution in [3.63, 3.8) is 0 Å². The lowest BCUT2D eigenvalue weighted by molar-refractivity contribution is -0.132. The first-order valence-corrected chi connectivity index (χ1v) is 5.25. The van der Waals surface area contributed by atoms with Crippen molar-refractivity contribution in [1.82, 2.24) is 0 Å². The van der Waals surface area contributed by atoms with E-state index in [9.17, 15) is 4.79 Å². The van der Waals surface area contributed by atoms with Gasteiger partial charge in [-0.3, -0.25) is 4.79 Å². The Hall–Kier alpha value is -0.330. The molecule has 1 heteroatoms. The van der Waals surface area contributed by atoms with Gasteiger partial charge >= 0.3 is 0 Å². The lowest BCUT2D eigenvalue weighted by atomic mass is 9.60. The molecule has 0 saturated heterocycles. The van der Waals surface area contributed by atoms with Crippen LogP contribution < -0.4 is 0 Å². The Balaban J connectivity index is 2.18. The van der Waals surface area contributed by atoms with E-state index in [4.69, 9.17) is 0 Å². The van der Waals surface area contributed by atoms with Crippen LogP contribution in [0.15, 0.2) is 0 Å². The molecule has 0 unspecified atom stereocenters. The fourth-order valence-electron chi connectivity index (χ4n) is 3.09. The first kappa shape index (κ1) is 8.28. The summed E-state index contributed by atoms with van der Waals surface area (Å²) >= 11 is 0. The van der Waals surface area contributed by atoms with Crippen molar-refractivity contribution >= 4 is 5.78 Å². The number of hydrogen-bond acceptors (Lipinski definition) is 1. The number of hydrogen-bond donors (Lipinski definition) is 0. The van der Waals surface area contributed by atoms with Crippen molar-refractivity contribution in [3.05, 3.63) is 0 Å². The van der Waals surface area contributed by atoms with E-state index >= 15 is 0 Å². The summed E-state index contributed by atoms with van der Waals surface area (Å²) in [6.07, 6.45) is 8.40. The predicted octanol–water partition coefficient (Wildman–Crippen LogP) is 2.94. The molecule has 0 aliphatic heterocycles. The molecular formula is C11H18O. The SMILES string of the molecule is C[C@@]12CCCC[C@H]1C(=O)CCC2. The Bertz CT molecular complexity index is 193. The molecule has 0 aromatic rings. The lowest BCUT2D eigenvalue weighted by Gasteiger charge is -2.43. The average Bonchev–Trinajstić information content (AvgIpc) is 2.04. The van der Waals surface area contributed by atoms with E-state index in [1.807, 2.05) is 0 Å². The van der Waals surface area contributed by atoms with Crippen LogP contribution in [0.4, 0.5) is 0 Å². The molecule has 2 atom stereocenters. The summed E-state index contributed by atoms with van der Waals surface area (Å²) in [6, 6.07) is 0. The predicted molar refractivity (Wildman–Crippen MR) is 48.9 cm³/mol. The van der Waals surface area contributed by atoms with Crippen LogP contribution in [0.1, 0.15) is 51.9 Å². The number of fused-ring (bicyclic) bond motifs is 1. The standard InChI is InChI=1S/C11H18O/c1-11-7-3-2-5-9(11)10(12)6-4-8-11/h9H,2-8H2,1H3/t9-,11-/m0/s1. The van der Waals surface area contributed by atoms with Crippen LogP contribution in [-0.4, -0.2) is 5.78 Å². The van der Waals surface area contributed by atoms with Crippen LogP contribution >= 0.6 is 0 Å². The summed E-state index contributed by atoms with van der Waals surface area (Å²) in [5, 5.41) is 0. The molecule has 2 aliphatic carbocycles. The molecule has 12 heavy (non-hydrogen) atoms. The summed E-state index contributed by atoms with van der Waals surface area (Å²) in [6.45, 7) is 2.33. The largest absolute Gasteiger partial charge is 0.299 e. The van der Waals surface area contributed by atoms with Gasteiger partial charge in [-0.25, -0.2) is 0 Å². The van der Waals surface area contributed by atoms with Gasteiger partial charge < -0.3 is 0 Å². The van der Waals surface area contributed by atoms with E-state index < -0.39 is 0 Å². The second kappa shape index (κ2) is 2.86. The number of carbonyl (C=O) groups is 1. The van der Waals surface area contributed by atoms with Crippen LogP contribution in [0.25, 0.3) is 0 Å². The summed E-state index contributed by atoms with van der Waals surface area (Å²) in [4.78, 5) is 11.6. The molecule has 0 amide bonds. The first-order chi connectivity index (χ1) is 5.72. The zero-order valence-corrected chi connectivity index (χ0v) is 7.94. The van der Waals surface area contributed by atoms with Crippen LogP contribution in [0, 0.1) is 11.3 Å². The van der Waals surface area contributed by atoms with Gasteiger partial charge in [0.15, 0.2) is 0 Å². The Morgan fingerprint density at radius 1 is 1.25 bits per heavy atom. The maximum atomic E-state index is 11.6. The second-order valence-electron chi connectivity index (χ2n) is 4.77. The Morgan fingerprint density at radius 3 is 2.75 bits per heavy atom. The van der Waals surface area contributed by atoms with Crippen LogP contribution in [-0.2, 0) is 4.79 Å². The summed E-state index contributed by atoms with van der Waals surface area (Å²) < 4.78 is 0. The zero-order valence-electron chi connectivity index (χ0n) is 7.94. The maximum Gasteiger partial charge on any atom is 0.136 e. The fraction of sp³-hybridized carbons (Fsp3) is 0.909. The van der Waals surface area contributed by atoms with Gasteiger partial charge in [0.1, 0.15) is 5.78 Å². The number of Topliss-reactive ketones (excluding diaryl/α,β-unsaturated/α-hetero) is 1. The van der Waals surface area contributed by atoms with Gasteiger partial charge in [-0.05, 0) is 31.1 Å². The third-order valence-electron chi connectivity index (χ3n) is 3.89. The molecule has 2 fully saturated rings. The Labute approximate surface area is 74.5 Å². The summed E-state index contributed by atoms with van der Waals surface area (Å²) in [5.74, 6) is 0.989. The molecule has 1 nitrogen and oxygen atoms in total. The number of ketones is 1. The third kappa shape index (κ3) is 1.19. The first-order valence-electron chi connectivity index (χ1n) is 5.25. The second-order valence-corrected chi connectivity index (χ2v) is 4.77. The normalized spacial score (nSPS) is 42.4. The van der Waals surface area contributed by atoms with Gasteiger partial charge in [-0.1, -0.05) is 19.8 Å². The fourth-order valence-corrected chi connectivity index (χ4v) is 3.09. The molecule has 2 saturated carbocycles.